The van der Waals surface area contributed by atoms with Crippen molar-refractivity contribution >= 4 is 29.2 Å². The predicted molar refractivity (Wildman–Crippen MR) is 207 cm³/mol. The Morgan fingerprint density at radius 2 is 1.46 bits per heavy atom. The van der Waals surface area contributed by atoms with Gasteiger partial charge in [-0.25, -0.2) is 4.79 Å². The molecule has 0 radical (unpaired) electrons. The lowest BCUT2D eigenvalue weighted by atomic mass is 9.85. The summed E-state index contributed by atoms with van der Waals surface area (Å²) < 4.78 is 5.42. The second kappa shape index (κ2) is 16.9. The minimum Gasteiger partial charge on any atom is -0.378 e. The van der Waals surface area contributed by atoms with Crippen molar-refractivity contribution in [3.63, 3.8) is 0 Å². The highest BCUT2D eigenvalue weighted by Crippen LogP contribution is 2.35. The number of hydrogen-bond acceptors (Lipinski definition) is 6. The molecule has 0 atom stereocenters. The molecule has 10 nitrogen and oxygen atoms in total. The van der Waals surface area contributed by atoms with Gasteiger partial charge in [0.2, 0.25) is 5.91 Å². The molecule has 3 fully saturated rings. The van der Waals surface area contributed by atoms with Crippen LogP contribution in [-0.2, 0) is 22.5 Å². The number of nitrogens with zero attached hydrogens (tertiary/aromatic N) is 4. The molecule has 0 aromatic heterocycles. The molecule has 0 bridgehead atoms. The van der Waals surface area contributed by atoms with Crippen LogP contribution in [0, 0.1) is 13.8 Å². The number of urea groups is 1. The molecule has 4 amide bonds. The summed E-state index contributed by atoms with van der Waals surface area (Å²) in [6.07, 6.45) is 4.43. The first kappa shape index (κ1) is 37.4. The van der Waals surface area contributed by atoms with Gasteiger partial charge in [-0.2, -0.15) is 0 Å². The molecule has 278 valence electrons. The highest BCUT2D eigenvalue weighted by Gasteiger charge is 2.39. The highest BCUT2D eigenvalue weighted by molar-refractivity contribution is 5.98. The molecule has 3 aromatic carbocycles. The number of benzene rings is 3. The van der Waals surface area contributed by atoms with Crippen LogP contribution >= 0.6 is 0 Å². The van der Waals surface area contributed by atoms with E-state index in [0.717, 1.165) is 80.7 Å². The molecule has 10 heteroatoms. The Balaban J connectivity index is 1.06. The molecule has 2 N–H and O–H groups in total. The van der Waals surface area contributed by atoms with E-state index in [4.69, 9.17) is 4.74 Å². The number of hydrogen-bond donors (Lipinski definition) is 2. The smallest absolute Gasteiger partial charge is 0.319 e. The van der Waals surface area contributed by atoms with Gasteiger partial charge in [0.1, 0.15) is 0 Å². The molecule has 3 saturated heterocycles. The highest BCUT2D eigenvalue weighted by atomic mass is 16.5. The number of nitrogens with one attached hydrogen (secondary N) is 2. The van der Waals surface area contributed by atoms with Gasteiger partial charge in [0.05, 0.1) is 19.6 Å². The Labute approximate surface area is 309 Å². The molecule has 3 aromatic rings. The van der Waals surface area contributed by atoms with E-state index in [1.54, 1.807) is 0 Å². The number of piperidine rings is 2. The van der Waals surface area contributed by atoms with Crippen molar-refractivity contribution in [2.75, 3.05) is 69.2 Å². The number of carbonyl (C=O) groups excluding carboxylic acids is 3. The molecule has 0 aliphatic carbocycles. The van der Waals surface area contributed by atoms with Gasteiger partial charge < -0.3 is 30.1 Å². The van der Waals surface area contributed by atoms with Crippen LogP contribution in [0.4, 0.5) is 16.2 Å². The summed E-state index contributed by atoms with van der Waals surface area (Å²) >= 11 is 0. The van der Waals surface area contributed by atoms with E-state index in [9.17, 15) is 14.4 Å². The van der Waals surface area contributed by atoms with E-state index in [-0.39, 0.29) is 23.4 Å². The van der Waals surface area contributed by atoms with E-state index in [2.05, 4.69) is 82.0 Å². The van der Waals surface area contributed by atoms with Crippen LogP contribution in [0.25, 0.3) is 0 Å². The summed E-state index contributed by atoms with van der Waals surface area (Å²) in [6.45, 7) is 15.6. The Morgan fingerprint density at radius 1 is 0.827 bits per heavy atom. The number of morpholine rings is 1. The third kappa shape index (κ3) is 8.96. The van der Waals surface area contributed by atoms with Gasteiger partial charge in [0.25, 0.3) is 5.91 Å². The van der Waals surface area contributed by atoms with E-state index < -0.39 is 0 Å². The van der Waals surface area contributed by atoms with Crippen molar-refractivity contribution in [3.8, 4) is 0 Å². The maximum Gasteiger partial charge on any atom is 0.319 e. The molecule has 6 rings (SSSR count). The predicted octanol–water partition coefficient (Wildman–Crippen LogP) is 6.01. The number of rotatable bonds is 10. The van der Waals surface area contributed by atoms with E-state index in [1.165, 1.54) is 11.3 Å². The number of amides is 4. The molecule has 3 heterocycles. The van der Waals surface area contributed by atoms with Gasteiger partial charge in [-0.05, 0) is 99.9 Å². The van der Waals surface area contributed by atoms with Crippen LogP contribution in [0.15, 0.2) is 66.7 Å². The van der Waals surface area contributed by atoms with E-state index in [0.29, 0.717) is 51.0 Å². The fourth-order valence-corrected chi connectivity index (χ4v) is 8.21. The lowest BCUT2D eigenvalue weighted by Gasteiger charge is -2.50. The molecule has 0 saturated carbocycles. The normalized spacial score (nSPS) is 18.2. The standard InChI is InChI=1S/C42H56N6O4/c1-5-43-41(51)44-35-27-31(2)39(32(3)28-35)40(50)46-21-17-42(4,18-22-46)47-19-15-37(16-20-47)48(30-34-9-7-6-8-10-34)36-13-11-33(12-14-36)29-38(49)45-23-25-52-26-24-45/h6-14,27-28,37H,5,15-26,29-30H2,1-4H3,(H2,43,44,51). The minimum absolute atomic E-state index is 0.0468. The summed E-state index contributed by atoms with van der Waals surface area (Å²) in [5.74, 6) is 0.243. The average Bonchev–Trinajstić information content (AvgIpc) is 3.15. The molecule has 3 aliphatic rings. The molecule has 52 heavy (non-hydrogen) atoms. The van der Waals surface area contributed by atoms with E-state index >= 15 is 0 Å². The number of aryl methyl sites for hydroxylation is 2. The Bertz CT molecular complexity index is 1650. The zero-order valence-electron chi connectivity index (χ0n) is 31.5. The number of likely N-dealkylation sites (tertiary alicyclic amines) is 2. The first-order valence-electron chi connectivity index (χ1n) is 19.1. The molecular formula is C42H56N6O4. The second-order valence-corrected chi connectivity index (χ2v) is 14.9. The largest absolute Gasteiger partial charge is 0.378 e. The Kier molecular flexibility index (Phi) is 12.2. The van der Waals surface area contributed by atoms with Crippen molar-refractivity contribution < 1.29 is 19.1 Å². The zero-order chi connectivity index (χ0) is 36.7. The lowest BCUT2D eigenvalue weighted by molar-refractivity contribution is -0.134. The fraction of sp³-hybridized carbons (Fsp3) is 0.500. The maximum atomic E-state index is 13.8. The number of anilines is 2. The van der Waals surface area contributed by atoms with E-state index in [1.807, 2.05) is 42.7 Å². The van der Waals surface area contributed by atoms with Gasteiger partial charge in [-0.15, -0.1) is 0 Å². The Hall–Kier alpha value is -4.41. The van der Waals surface area contributed by atoms with Crippen molar-refractivity contribution in [2.45, 2.75) is 77.9 Å². The van der Waals surface area contributed by atoms with Gasteiger partial charge in [-0.3, -0.25) is 14.5 Å². The van der Waals surface area contributed by atoms with Gasteiger partial charge >= 0.3 is 6.03 Å². The van der Waals surface area contributed by atoms with Crippen molar-refractivity contribution in [2.24, 2.45) is 0 Å². The molecule has 0 unspecified atom stereocenters. The van der Waals surface area contributed by atoms with Gasteiger partial charge in [0.15, 0.2) is 0 Å². The second-order valence-electron chi connectivity index (χ2n) is 14.9. The fourth-order valence-electron chi connectivity index (χ4n) is 8.21. The van der Waals surface area contributed by atoms with Crippen LogP contribution in [0.1, 0.15) is 72.1 Å². The van der Waals surface area contributed by atoms with Crippen LogP contribution < -0.4 is 15.5 Å². The van der Waals surface area contributed by atoms with Crippen molar-refractivity contribution in [1.82, 2.24) is 20.0 Å². The van der Waals surface area contributed by atoms with Crippen LogP contribution in [-0.4, -0.2) is 103 Å². The number of carbonyl (C=O) groups is 3. The topological polar surface area (TPSA) is 97.5 Å². The SMILES string of the molecule is CCNC(=O)Nc1cc(C)c(C(=O)N2CCC(C)(N3CCC(N(Cc4ccccc4)c4ccc(CC(=O)N5CCOCC5)cc4)CC3)CC2)c(C)c1. The lowest BCUT2D eigenvalue weighted by Crippen LogP contribution is -2.58. The first-order valence-corrected chi connectivity index (χ1v) is 19.1. The zero-order valence-corrected chi connectivity index (χ0v) is 31.5. The summed E-state index contributed by atoms with van der Waals surface area (Å²) in [4.78, 5) is 47.9. The Morgan fingerprint density at radius 3 is 2.08 bits per heavy atom. The number of ether oxygens (including phenoxy) is 1. The molecule has 0 spiro atoms. The maximum absolute atomic E-state index is 13.8. The minimum atomic E-state index is -0.244. The van der Waals surface area contributed by atoms with Crippen molar-refractivity contribution in [1.29, 1.82) is 0 Å². The third-order valence-corrected chi connectivity index (χ3v) is 11.3. The van der Waals surface area contributed by atoms with Crippen LogP contribution in [0.2, 0.25) is 0 Å². The van der Waals surface area contributed by atoms with Gasteiger partial charge in [-0.1, -0.05) is 42.5 Å². The third-order valence-electron chi connectivity index (χ3n) is 11.3. The van der Waals surface area contributed by atoms with Crippen molar-refractivity contribution in [3.05, 3.63) is 94.5 Å². The first-order chi connectivity index (χ1) is 25.1. The summed E-state index contributed by atoms with van der Waals surface area (Å²) in [5.41, 5.74) is 6.77. The van der Waals surface area contributed by atoms with Crippen LogP contribution in [0.3, 0.4) is 0 Å². The summed E-state index contributed by atoms with van der Waals surface area (Å²) in [5, 5.41) is 5.62. The average molecular weight is 709 g/mol. The van der Waals surface area contributed by atoms with Gasteiger partial charge in [0, 0.05) is 80.9 Å². The quantitative estimate of drug-likeness (QED) is 0.268. The summed E-state index contributed by atoms with van der Waals surface area (Å²) in [7, 11) is 0. The summed E-state index contributed by atoms with van der Waals surface area (Å²) in [6, 6.07) is 23.3. The van der Waals surface area contributed by atoms with Crippen LogP contribution in [0.5, 0.6) is 0 Å². The molecular weight excluding hydrogens is 652 g/mol. The molecule has 3 aliphatic heterocycles. The monoisotopic (exact) mass is 708 g/mol.